The Morgan fingerprint density at radius 2 is 1.86 bits per heavy atom. The lowest BCUT2D eigenvalue weighted by atomic mass is 10.2. The van der Waals surface area contributed by atoms with Gasteiger partial charge < -0.3 is 9.64 Å². The lowest BCUT2D eigenvalue weighted by molar-refractivity contribution is -0.130. The van der Waals surface area contributed by atoms with Gasteiger partial charge in [-0.05, 0) is 25.0 Å². The van der Waals surface area contributed by atoms with Crippen LogP contribution in [-0.4, -0.2) is 31.0 Å². The third-order valence-corrected chi connectivity index (χ3v) is 3.48. The topological polar surface area (TPSA) is 29.5 Å². The third kappa shape index (κ3) is 6.03. The molecule has 3 nitrogen and oxygen atoms in total. The first-order valence-corrected chi connectivity index (χ1v) is 7.82. The van der Waals surface area contributed by atoms with Crippen LogP contribution in [0.1, 0.15) is 45.1 Å². The van der Waals surface area contributed by atoms with Crippen molar-refractivity contribution in [2.45, 2.75) is 39.5 Å². The number of unbranched alkanes of at least 4 members (excludes halogenated alkanes) is 3. The number of ether oxygens (including phenoxy) is 1. The molecule has 3 heteroatoms. The van der Waals surface area contributed by atoms with E-state index in [9.17, 15) is 4.79 Å². The molecule has 0 heterocycles. The number of methoxy groups -OCH3 is 1. The van der Waals surface area contributed by atoms with E-state index >= 15 is 0 Å². The van der Waals surface area contributed by atoms with Crippen LogP contribution in [0.3, 0.4) is 0 Å². The van der Waals surface area contributed by atoms with Crippen LogP contribution in [-0.2, 0) is 9.53 Å². The highest BCUT2D eigenvalue weighted by molar-refractivity contribution is 5.95. The average Bonchev–Trinajstić information content (AvgIpc) is 2.53. The minimum Gasteiger partial charge on any atom is -0.491 e. The number of nitrogens with zero attached hydrogens (tertiary/aromatic N) is 1. The number of carbonyl (C=O) groups excluding carboxylic acids is 1. The van der Waals surface area contributed by atoms with Crippen molar-refractivity contribution in [2.75, 3.05) is 20.2 Å². The van der Waals surface area contributed by atoms with Crippen molar-refractivity contribution in [1.29, 1.82) is 0 Å². The molecule has 1 rings (SSSR count). The molecule has 1 amide bonds. The minimum absolute atomic E-state index is 0.0275. The second-order valence-electron chi connectivity index (χ2n) is 5.07. The van der Waals surface area contributed by atoms with Gasteiger partial charge in [0, 0.05) is 13.1 Å². The molecule has 0 aromatic heterocycles. The van der Waals surface area contributed by atoms with E-state index in [-0.39, 0.29) is 5.91 Å². The molecule has 21 heavy (non-hydrogen) atoms. The van der Waals surface area contributed by atoms with Crippen molar-refractivity contribution in [3.8, 4) is 0 Å². The second-order valence-corrected chi connectivity index (χ2v) is 5.07. The summed E-state index contributed by atoms with van der Waals surface area (Å²) in [7, 11) is 1.55. The summed E-state index contributed by atoms with van der Waals surface area (Å²) in [5.41, 5.74) is 0.977. The predicted octanol–water partition coefficient (Wildman–Crippen LogP) is 4.10. The Bertz CT molecular complexity index is 440. The smallest absolute Gasteiger partial charge is 0.288 e. The lowest BCUT2D eigenvalue weighted by Crippen LogP contribution is -2.33. The predicted molar refractivity (Wildman–Crippen MR) is 87.8 cm³/mol. The number of hydrogen-bond acceptors (Lipinski definition) is 2. The highest BCUT2D eigenvalue weighted by Crippen LogP contribution is 2.11. The van der Waals surface area contributed by atoms with Crippen molar-refractivity contribution in [3.63, 3.8) is 0 Å². The van der Waals surface area contributed by atoms with Crippen LogP contribution in [0.15, 0.2) is 36.1 Å². The maximum atomic E-state index is 12.5. The molecular weight excluding hydrogens is 262 g/mol. The molecule has 0 atom stereocenters. The van der Waals surface area contributed by atoms with Gasteiger partial charge in [-0.2, -0.15) is 0 Å². The monoisotopic (exact) mass is 289 g/mol. The minimum atomic E-state index is -0.0275. The first-order valence-electron chi connectivity index (χ1n) is 7.82. The molecule has 0 bridgehead atoms. The number of amides is 1. The van der Waals surface area contributed by atoms with Crippen LogP contribution >= 0.6 is 0 Å². The summed E-state index contributed by atoms with van der Waals surface area (Å²) in [6, 6.07) is 9.78. The maximum Gasteiger partial charge on any atom is 0.288 e. The van der Waals surface area contributed by atoms with Crippen molar-refractivity contribution >= 4 is 12.0 Å². The molecule has 116 valence electrons. The lowest BCUT2D eigenvalue weighted by Gasteiger charge is -2.21. The zero-order valence-corrected chi connectivity index (χ0v) is 13.5. The molecule has 0 saturated heterocycles. The van der Waals surface area contributed by atoms with Gasteiger partial charge in [0.25, 0.3) is 5.91 Å². The standard InChI is InChI=1S/C18H27NO2/c1-4-6-7-11-14-19(5-2)18(20)17(21-3)15-16-12-9-8-10-13-16/h8-10,12-13,15H,4-7,11,14H2,1-3H3. The molecule has 1 aromatic carbocycles. The quantitative estimate of drug-likeness (QED) is 0.389. The summed E-state index contributed by atoms with van der Waals surface area (Å²) in [5, 5.41) is 0. The van der Waals surface area contributed by atoms with E-state index in [1.54, 1.807) is 13.2 Å². The molecule has 0 N–H and O–H groups in total. The Balaban J connectivity index is 2.69. The summed E-state index contributed by atoms with van der Waals surface area (Å²) >= 11 is 0. The van der Waals surface area contributed by atoms with Crippen LogP contribution in [0.4, 0.5) is 0 Å². The molecule has 0 saturated carbocycles. The van der Waals surface area contributed by atoms with Crippen LogP contribution in [0, 0.1) is 0 Å². The fourth-order valence-corrected chi connectivity index (χ4v) is 2.20. The molecule has 0 fully saturated rings. The maximum absolute atomic E-state index is 12.5. The van der Waals surface area contributed by atoms with Crippen LogP contribution in [0.5, 0.6) is 0 Å². The van der Waals surface area contributed by atoms with Crippen LogP contribution in [0.2, 0.25) is 0 Å². The Morgan fingerprint density at radius 1 is 1.14 bits per heavy atom. The van der Waals surface area contributed by atoms with E-state index in [4.69, 9.17) is 4.74 Å². The largest absolute Gasteiger partial charge is 0.491 e. The number of benzene rings is 1. The zero-order chi connectivity index (χ0) is 15.5. The summed E-state index contributed by atoms with van der Waals surface area (Å²) < 4.78 is 5.30. The second kappa shape index (κ2) is 10.0. The van der Waals surface area contributed by atoms with Crippen molar-refractivity contribution in [2.24, 2.45) is 0 Å². The van der Waals surface area contributed by atoms with Crippen LogP contribution in [0.25, 0.3) is 6.08 Å². The van der Waals surface area contributed by atoms with Gasteiger partial charge >= 0.3 is 0 Å². The Hall–Kier alpha value is -1.77. The highest BCUT2D eigenvalue weighted by atomic mass is 16.5. The third-order valence-electron chi connectivity index (χ3n) is 3.48. The van der Waals surface area contributed by atoms with Gasteiger partial charge in [-0.1, -0.05) is 56.5 Å². The van der Waals surface area contributed by atoms with Crippen LogP contribution < -0.4 is 0 Å². The number of likely N-dealkylation sites (N-methyl/N-ethyl adjacent to an activating group) is 1. The van der Waals surface area contributed by atoms with Gasteiger partial charge in [-0.15, -0.1) is 0 Å². The van der Waals surface area contributed by atoms with Gasteiger partial charge in [-0.3, -0.25) is 4.79 Å². The summed E-state index contributed by atoms with van der Waals surface area (Å²) in [6.07, 6.45) is 6.46. The normalized spacial score (nSPS) is 11.3. The summed E-state index contributed by atoms with van der Waals surface area (Å²) in [6.45, 7) is 5.70. The van der Waals surface area contributed by atoms with Gasteiger partial charge in [0.1, 0.15) is 0 Å². The Labute approximate surface area is 128 Å². The van der Waals surface area contributed by atoms with E-state index in [0.29, 0.717) is 12.3 Å². The molecule has 0 aliphatic carbocycles. The van der Waals surface area contributed by atoms with Crippen molar-refractivity contribution in [3.05, 3.63) is 41.7 Å². The van der Waals surface area contributed by atoms with E-state index < -0.39 is 0 Å². The molecule has 0 aliphatic heterocycles. The fraction of sp³-hybridized carbons (Fsp3) is 0.500. The Kier molecular flexibility index (Phi) is 8.25. The zero-order valence-electron chi connectivity index (χ0n) is 13.5. The highest BCUT2D eigenvalue weighted by Gasteiger charge is 2.17. The Morgan fingerprint density at radius 3 is 2.43 bits per heavy atom. The van der Waals surface area contributed by atoms with E-state index in [1.807, 2.05) is 42.2 Å². The summed E-state index contributed by atoms with van der Waals surface area (Å²) in [5.74, 6) is 0.374. The van der Waals surface area contributed by atoms with Crippen molar-refractivity contribution < 1.29 is 9.53 Å². The number of hydrogen-bond donors (Lipinski definition) is 0. The first-order chi connectivity index (χ1) is 10.2. The molecule has 0 radical (unpaired) electrons. The average molecular weight is 289 g/mol. The fourth-order valence-electron chi connectivity index (χ4n) is 2.20. The molecule has 0 spiro atoms. The molecular formula is C18H27NO2. The molecule has 0 unspecified atom stereocenters. The van der Waals surface area contributed by atoms with Crippen molar-refractivity contribution in [1.82, 2.24) is 4.90 Å². The number of rotatable bonds is 9. The summed E-state index contributed by atoms with van der Waals surface area (Å²) in [4.78, 5) is 14.4. The molecule has 0 aliphatic rings. The van der Waals surface area contributed by atoms with Gasteiger partial charge in [0.2, 0.25) is 0 Å². The SMILES string of the molecule is CCCCCCN(CC)C(=O)C(=Cc1ccccc1)OC. The first kappa shape index (κ1) is 17.3. The van der Waals surface area contributed by atoms with Gasteiger partial charge in [0.05, 0.1) is 7.11 Å². The van der Waals surface area contributed by atoms with E-state index in [2.05, 4.69) is 6.92 Å². The van der Waals surface area contributed by atoms with E-state index in [0.717, 1.165) is 18.5 Å². The van der Waals surface area contributed by atoms with E-state index in [1.165, 1.54) is 19.3 Å². The number of carbonyl (C=O) groups is 1. The van der Waals surface area contributed by atoms with Gasteiger partial charge in [-0.25, -0.2) is 0 Å². The molecule has 1 aromatic rings. The van der Waals surface area contributed by atoms with Gasteiger partial charge in [0.15, 0.2) is 5.76 Å².